The van der Waals surface area contributed by atoms with Crippen LogP contribution in [0, 0.1) is 15.9 Å². The van der Waals surface area contributed by atoms with E-state index in [1.165, 1.54) is 42.5 Å². The fourth-order valence-electron chi connectivity index (χ4n) is 3.14. The van der Waals surface area contributed by atoms with Crippen molar-refractivity contribution in [1.29, 1.82) is 0 Å². The second-order valence-corrected chi connectivity index (χ2v) is 7.17. The molecule has 4 aromatic rings. The largest absolute Gasteiger partial charge is 0.477 e. The standard InChI is InChI=1S/C23H16FN5O6/c24-15-6-8-16(9-7-15)26-21(30)13-35-20-10-5-14(11-19(20)29(33)34)12-25-28-22(31)17-3-1-2-4-18(17)27-23(28)32/h1-12H,13H2,(H,26,30)(H,27,32). The van der Waals surface area contributed by atoms with Gasteiger partial charge in [-0.25, -0.2) is 9.18 Å². The molecular weight excluding hydrogens is 461 g/mol. The minimum Gasteiger partial charge on any atom is -0.477 e. The number of para-hydroxylation sites is 1. The molecule has 0 aliphatic rings. The fourth-order valence-corrected chi connectivity index (χ4v) is 3.14. The molecule has 1 aromatic heterocycles. The van der Waals surface area contributed by atoms with E-state index in [1.807, 2.05) is 0 Å². The summed E-state index contributed by atoms with van der Waals surface area (Å²) in [7, 11) is 0. The number of nitrogens with one attached hydrogen (secondary N) is 2. The molecule has 12 heteroatoms. The van der Waals surface area contributed by atoms with Crippen LogP contribution in [0.5, 0.6) is 5.75 Å². The molecular formula is C23H16FN5O6. The number of nitro groups is 1. The lowest BCUT2D eigenvalue weighted by Gasteiger charge is -2.08. The first kappa shape index (κ1) is 23.0. The highest BCUT2D eigenvalue weighted by atomic mass is 19.1. The number of H-pyrrole nitrogens is 1. The van der Waals surface area contributed by atoms with E-state index in [0.29, 0.717) is 15.9 Å². The number of rotatable bonds is 7. The van der Waals surface area contributed by atoms with E-state index in [-0.39, 0.29) is 16.7 Å². The summed E-state index contributed by atoms with van der Waals surface area (Å²) in [5.74, 6) is -1.25. The summed E-state index contributed by atoms with van der Waals surface area (Å²) in [4.78, 5) is 50.1. The van der Waals surface area contributed by atoms with Gasteiger partial charge in [-0.05, 0) is 48.5 Å². The second kappa shape index (κ2) is 9.79. The zero-order valence-corrected chi connectivity index (χ0v) is 17.8. The number of nitrogens with zero attached hydrogens (tertiary/aromatic N) is 3. The summed E-state index contributed by atoms with van der Waals surface area (Å²) >= 11 is 0. The summed E-state index contributed by atoms with van der Waals surface area (Å²) in [6, 6.07) is 15.3. The van der Waals surface area contributed by atoms with Crippen LogP contribution in [0.4, 0.5) is 15.8 Å². The fraction of sp³-hybridized carbons (Fsp3) is 0.0435. The molecule has 2 N–H and O–H groups in total. The van der Waals surface area contributed by atoms with Gasteiger partial charge in [-0.2, -0.15) is 5.10 Å². The Morgan fingerprint density at radius 1 is 1.14 bits per heavy atom. The molecule has 0 saturated carbocycles. The predicted octanol–water partition coefficient (Wildman–Crippen LogP) is 2.64. The third-order valence-electron chi connectivity index (χ3n) is 4.77. The Bertz CT molecular complexity index is 1580. The lowest BCUT2D eigenvalue weighted by Crippen LogP contribution is -2.32. The number of nitro benzene ring substituents is 1. The molecule has 0 atom stereocenters. The van der Waals surface area contributed by atoms with Gasteiger partial charge in [-0.1, -0.05) is 12.1 Å². The number of aromatic nitrogens is 2. The van der Waals surface area contributed by atoms with Crippen LogP contribution in [-0.4, -0.2) is 33.3 Å². The molecule has 3 aromatic carbocycles. The number of aromatic amines is 1. The molecule has 0 radical (unpaired) electrons. The highest BCUT2D eigenvalue weighted by molar-refractivity contribution is 5.92. The van der Waals surface area contributed by atoms with Crippen molar-refractivity contribution >= 4 is 34.4 Å². The van der Waals surface area contributed by atoms with Gasteiger partial charge in [-0.3, -0.25) is 19.7 Å². The molecule has 0 unspecified atom stereocenters. The van der Waals surface area contributed by atoms with Crippen LogP contribution in [0.25, 0.3) is 10.9 Å². The van der Waals surface area contributed by atoms with E-state index in [2.05, 4.69) is 15.4 Å². The number of benzene rings is 3. The van der Waals surface area contributed by atoms with Crippen molar-refractivity contribution in [2.45, 2.75) is 0 Å². The van der Waals surface area contributed by atoms with E-state index < -0.39 is 40.2 Å². The van der Waals surface area contributed by atoms with Crippen LogP contribution < -0.4 is 21.3 Å². The van der Waals surface area contributed by atoms with Crippen molar-refractivity contribution in [2.75, 3.05) is 11.9 Å². The molecule has 35 heavy (non-hydrogen) atoms. The molecule has 11 nitrogen and oxygen atoms in total. The van der Waals surface area contributed by atoms with Crippen LogP contribution in [0.3, 0.4) is 0 Å². The number of carbonyl (C=O) groups excluding carboxylic acids is 1. The van der Waals surface area contributed by atoms with E-state index in [4.69, 9.17) is 4.74 Å². The van der Waals surface area contributed by atoms with Gasteiger partial charge in [0.05, 0.1) is 22.0 Å². The van der Waals surface area contributed by atoms with Gasteiger partial charge < -0.3 is 15.0 Å². The topological polar surface area (TPSA) is 149 Å². The third-order valence-corrected chi connectivity index (χ3v) is 4.77. The molecule has 1 heterocycles. The Kier molecular flexibility index (Phi) is 6.44. The van der Waals surface area contributed by atoms with E-state index in [0.717, 1.165) is 12.3 Å². The second-order valence-electron chi connectivity index (χ2n) is 7.17. The highest BCUT2D eigenvalue weighted by Gasteiger charge is 2.17. The number of hydrogen-bond donors (Lipinski definition) is 2. The maximum atomic E-state index is 13.0. The number of hydrogen-bond acceptors (Lipinski definition) is 7. The SMILES string of the molecule is O=C(COc1ccc(C=Nn2c(=O)[nH]c3ccccc3c2=O)cc1[N+](=O)[O-])Nc1ccc(F)cc1. The number of carbonyl (C=O) groups is 1. The van der Waals surface area contributed by atoms with Crippen molar-refractivity contribution in [1.82, 2.24) is 9.66 Å². The van der Waals surface area contributed by atoms with E-state index in [1.54, 1.807) is 18.2 Å². The molecule has 0 saturated heterocycles. The zero-order valence-electron chi connectivity index (χ0n) is 17.8. The molecule has 176 valence electrons. The van der Waals surface area contributed by atoms with Crippen molar-refractivity contribution < 1.29 is 18.8 Å². The summed E-state index contributed by atoms with van der Waals surface area (Å²) in [6.07, 6.45) is 1.11. The van der Waals surface area contributed by atoms with E-state index in [9.17, 15) is 28.9 Å². The molecule has 0 aliphatic heterocycles. The number of ether oxygens (including phenoxy) is 1. The predicted molar refractivity (Wildman–Crippen MR) is 125 cm³/mol. The number of anilines is 1. The normalized spacial score (nSPS) is 11.0. The van der Waals surface area contributed by atoms with Gasteiger partial charge in [-0.15, -0.1) is 4.68 Å². The van der Waals surface area contributed by atoms with Gasteiger partial charge in [0.25, 0.3) is 11.5 Å². The van der Waals surface area contributed by atoms with Crippen LogP contribution in [0.1, 0.15) is 5.56 Å². The molecule has 1 amide bonds. The van der Waals surface area contributed by atoms with Crippen molar-refractivity contribution in [3.8, 4) is 5.75 Å². The van der Waals surface area contributed by atoms with Gasteiger partial charge in [0.1, 0.15) is 5.82 Å². The summed E-state index contributed by atoms with van der Waals surface area (Å²) < 4.78 is 18.8. The van der Waals surface area contributed by atoms with Crippen molar-refractivity contribution in [3.63, 3.8) is 0 Å². The molecule has 0 bridgehead atoms. The van der Waals surface area contributed by atoms with Crippen LogP contribution in [-0.2, 0) is 4.79 Å². The molecule has 0 aliphatic carbocycles. The van der Waals surface area contributed by atoms with Crippen molar-refractivity contribution in [2.24, 2.45) is 5.10 Å². The van der Waals surface area contributed by atoms with E-state index >= 15 is 0 Å². The maximum absolute atomic E-state index is 13.0. The van der Waals surface area contributed by atoms with Crippen LogP contribution in [0.15, 0.2) is 81.4 Å². The minimum atomic E-state index is -0.772. The van der Waals surface area contributed by atoms with Gasteiger partial charge in [0.15, 0.2) is 12.4 Å². The smallest absolute Gasteiger partial charge is 0.349 e. The Labute approximate surface area is 195 Å². The van der Waals surface area contributed by atoms with Crippen LogP contribution >= 0.6 is 0 Å². The maximum Gasteiger partial charge on any atom is 0.349 e. The average molecular weight is 477 g/mol. The highest BCUT2D eigenvalue weighted by Crippen LogP contribution is 2.27. The molecule has 4 rings (SSSR count). The Hall–Kier alpha value is -5.13. The first-order valence-corrected chi connectivity index (χ1v) is 10.1. The van der Waals surface area contributed by atoms with Gasteiger partial charge >= 0.3 is 11.4 Å². The Balaban J connectivity index is 1.52. The monoisotopic (exact) mass is 477 g/mol. The van der Waals surface area contributed by atoms with Crippen molar-refractivity contribution in [3.05, 3.63) is 109 Å². The summed E-state index contributed by atoms with van der Waals surface area (Å²) in [6.45, 7) is -0.534. The molecule has 0 spiro atoms. The number of fused-ring (bicyclic) bond motifs is 1. The minimum absolute atomic E-state index is 0.179. The molecule has 0 fully saturated rings. The average Bonchev–Trinajstić information content (AvgIpc) is 2.84. The quantitative estimate of drug-likeness (QED) is 0.237. The van der Waals surface area contributed by atoms with Crippen LogP contribution in [0.2, 0.25) is 0 Å². The van der Waals surface area contributed by atoms with Gasteiger partial charge in [0.2, 0.25) is 0 Å². The summed E-state index contributed by atoms with van der Waals surface area (Å²) in [5.41, 5.74) is -0.981. The summed E-state index contributed by atoms with van der Waals surface area (Å²) in [5, 5.41) is 18.1. The number of amides is 1. The number of halogens is 1. The zero-order chi connectivity index (χ0) is 24.9. The first-order chi connectivity index (χ1) is 16.8. The lowest BCUT2D eigenvalue weighted by molar-refractivity contribution is -0.385. The third kappa shape index (κ3) is 5.27. The Morgan fingerprint density at radius 2 is 1.89 bits per heavy atom. The first-order valence-electron chi connectivity index (χ1n) is 10.1. The lowest BCUT2D eigenvalue weighted by atomic mass is 10.2. The van der Waals surface area contributed by atoms with Gasteiger partial charge in [0, 0.05) is 17.3 Å². The Morgan fingerprint density at radius 3 is 2.63 bits per heavy atom.